The largest absolute Gasteiger partial charge is 0.508 e. The van der Waals surface area contributed by atoms with Crippen molar-refractivity contribution in [3.8, 4) is 28.4 Å². The molecule has 1 N–H and O–H groups in total. The van der Waals surface area contributed by atoms with Crippen molar-refractivity contribution < 1.29 is 19.4 Å². The third-order valence-electron chi connectivity index (χ3n) is 6.21. The molecule has 6 nitrogen and oxygen atoms in total. The summed E-state index contributed by atoms with van der Waals surface area (Å²) < 4.78 is 11.3. The van der Waals surface area contributed by atoms with Crippen LogP contribution in [0.4, 0.5) is 5.69 Å². The Morgan fingerprint density at radius 3 is 2.41 bits per heavy atom. The summed E-state index contributed by atoms with van der Waals surface area (Å²) in [4.78, 5) is 15.6. The molecule has 0 aliphatic carbocycles. The maximum atomic E-state index is 11.8. The van der Waals surface area contributed by atoms with Gasteiger partial charge in [0.2, 0.25) is 0 Å². The summed E-state index contributed by atoms with van der Waals surface area (Å²) >= 11 is 0. The molecular formula is C28H32N2O4. The van der Waals surface area contributed by atoms with Crippen LogP contribution in [0.25, 0.3) is 11.1 Å². The number of likely N-dealkylation sites (N-methyl/N-ethyl adjacent to an activating group) is 1. The second-order valence-electron chi connectivity index (χ2n) is 8.82. The third kappa shape index (κ3) is 5.45. The summed E-state index contributed by atoms with van der Waals surface area (Å²) in [7, 11) is 5.13. The molecule has 3 aromatic carbocycles. The van der Waals surface area contributed by atoms with Crippen LogP contribution in [0.3, 0.4) is 0 Å². The number of benzene rings is 3. The Balaban J connectivity index is 1.55. The number of carbonyl (C=O) groups is 1. The van der Waals surface area contributed by atoms with Gasteiger partial charge in [-0.1, -0.05) is 24.3 Å². The molecule has 1 aliphatic heterocycles. The van der Waals surface area contributed by atoms with E-state index in [1.54, 1.807) is 33.3 Å². The molecule has 4 rings (SSSR count). The molecule has 1 fully saturated rings. The second-order valence-corrected chi connectivity index (χ2v) is 8.82. The van der Waals surface area contributed by atoms with Crippen molar-refractivity contribution in [1.82, 2.24) is 4.90 Å². The lowest BCUT2D eigenvalue weighted by Crippen LogP contribution is -2.27. The molecule has 1 amide bonds. The number of carbonyl (C=O) groups excluding carboxylic acids is 1. The molecule has 0 aromatic heterocycles. The maximum absolute atomic E-state index is 11.8. The number of rotatable bonds is 8. The van der Waals surface area contributed by atoms with E-state index in [1.807, 2.05) is 30.3 Å². The predicted molar refractivity (Wildman–Crippen MR) is 135 cm³/mol. The Bertz CT molecular complexity index is 1140. The molecule has 1 aliphatic rings. The average Bonchev–Trinajstić information content (AvgIpc) is 3.38. The Kier molecular flexibility index (Phi) is 7.26. The first-order chi connectivity index (χ1) is 16.4. The van der Waals surface area contributed by atoms with E-state index in [0.717, 1.165) is 46.8 Å². The SMILES string of the molecule is COc1cc(Cc2ccc(O)cc2-c2ccc(OCC(=O)N(C)C)cc2)ccc1N1CCCC1. The minimum absolute atomic E-state index is 0.00101. The Hall–Kier alpha value is -3.67. The van der Waals surface area contributed by atoms with Crippen molar-refractivity contribution in [1.29, 1.82) is 0 Å². The van der Waals surface area contributed by atoms with E-state index in [4.69, 9.17) is 9.47 Å². The number of amides is 1. The molecule has 3 aromatic rings. The maximum Gasteiger partial charge on any atom is 0.259 e. The van der Waals surface area contributed by atoms with E-state index >= 15 is 0 Å². The lowest BCUT2D eigenvalue weighted by Gasteiger charge is -2.21. The Morgan fingerprint density at radius 2 is 1.74 bits per heavy atom. The fourth-order valence-electron chi connectivity index (χ4n) is 4.26. The van der Waals surface area contributed by atoms with Gasteiger partial charge < -0.3 is 24.4 Å². The van der Waals surface area contributed by atoms with E-state index in [9.17, 15) is 9.90 Å². The first-order valence-electron chi connectivity index (χ1n) is 11.6. The van der Waals surface area contributed by atoms with Gasteiger partial charge in [-0.2, -0.15) is 0 Å². The summed E-state index contributed by atoms with van der Waals surface area (Å²) in [5, 5.41) is 10.2. The number of anilines is 1. The minimum Gasteiger partial charge on any atom is -0.508 e. The molecule has 6 heteroatoms. The van der Waals surface area contributed by atoms with Crippen LogP contribution >= 0.6 is 0 Å². The van der Waals surface area contributed by atoms with Gasteiger partial charge >= 0.3 is 0 Å². The van der Waals surface area contributed by atoms with Crippen LogP contribution in [0.1, 0.15) is 24.0 Å². The van der Waals surface area contributed by atoms with Crippen LogP contribution < -0.4 is 14.4 Å². The minimum atomic E-state index is -0.0921. The highest BCUT2D eigenvalue weighted by molar-refractivity contribution is 5.77. The molecule has 1 heterocycles. The van der Waals surface area contributed by atoms with Crippen molar-refractivity contribution in [2.75, 3.05) is 45.8 Å². The van der Waals surface area contributed by atoms with Crippen molar-refractivity contribution >= 4 is 11.6 Å². The third-order valence-corrected chi connectivity index (χ3v) is 6.21. The molecule has 1 saturated heterocycles. The van der Waals surface area contributed by atoms with Gasteiger partial charge in [0.15, 0.2) is 6.61 Å². The summed E-state index contributed by atoms with van der Waals surface area (Å²) in [6.07, 6.45) is 3.15. The van der Waals surface area contributed by atoms with E-state index in [-0.39, 0.29) is 18.3 Å². The van der Waals surface area contributed by atoms with Gasteiger partial charge in [0.1, 0.15) is 17.2 Å². The number of aromatic hydroxyl groups is 1. The van der Waals surface area contributed by atoms with Gasteiger partial charge in [-0.15, -0.1) is 0 Å². The number of phenols is 1. The van der Waals surface area contributed by atoms with Crippen molar-refractivity contribution in [2.45, 2.75) is 19.3 Å². The van der Waals surface area contributed by atoms with Crippen molar-refractivity contribution in [3.63, 3.8) is 0 Å². The summed E-state index contributed by atoms with van der Waals surface area (Å²) in [6.45, 7) is 2.14. The zero-order chi connectivity index (χ0) is 24.1. The van der Waals surface area contributed by atoms with Gasteiger partial charge in [0.05, 0.1) is 12.8 Å². The van der Waals surface area contributed by atoms with Crippen molar-refractivity contribution in [3.05, 3.63) is 71.8 Å². The number of methoxy groups -OCH3 is 1. The molecule has 0 spiro atoms. The number of phenolic OH excluding ortho intramolecular Hbond substituents is 1. The Labute approximate surface area is 201 Å². The van der Waals surface area contributed by atoms with Gasteiger partial charge in [0, 0.05) is 27.2 Å². The number of ether oxygens (including phenoxy) is 2. The number of hydrogen-bond donors (Lipinski definition) is 1. The predicted octanol–water partition coefficient (Wildman–Crippen LogP) is 4.73. The van der Waals surface area contributed by atoms with Crippen LogP contribution in [0, 0.1) is 0 Å². The lowest BCUT2D eigenvalue weighted by molar-refractivity contribution is -0.130. The lowest BCUT2D eigenvalue weighted by atomic mass is 9.94. The van der Waals surface area contributed by atoms with Crippen molar-refractivity contribution in [2.24, 2.45) is 0 Å². The monoisotopic (exact) mass is 460 g/mol. The highest BCUT2D eigenvalue weighted by Gasteiger charge is 2.17. The second kappa shape index (κ2) is 10.5. The standard InChI is InChI=1S/C28H32N2O4/c1-29(2)28(32)19-34-24-11-8-21(9-12-24)25-18-23(31)10-7-22(25)16-20-6-13-26(27(17-20)33-3)30-14-4-5-15-30/h6-13,17-18,31H,4-5,14-16,19H2,1-3H3. The summed E-state index contributed by atoms with van der Waals surface area (Å²) in [5.41, 5.74) is 5.33. The van der Waals surface area contributed by atoms with E-state index in [1.165, 1.54) is 17.7 Å². The van der Waals surface area contributed by atoms with Crippen LogP contribution in [0.5, 0.6) is 17.2 Å². The topological polar surface area (TPSA) is 62.2 Å². The van der Waals surface area contributed by atoms with Crippen LogP contribution in [0.15, 0.2) is 60.7 Å². The van der Waals surface area contributed by atoms with E-state index < -0.39 is 0 Å². The van der Waals surface area contributed by atoms with Gasteiger partial charge in [-0.3, -0.25) is 4.79 Å². The fraction of sp³-hybridized carbons (Fsp3) is 0.321. The molecule has 178 valence electrons. The summed E-state index contributed by atoms with van der Waals surface area (Å²) in [6, 6.07) is 19.5. The van der Waals surface area contributed by atoms with Gasteiger partial charge in [-0.25, -0.2) is 0 Å². The van der Waals surface area contributed by atoms with E-state index in [2.05, 4.69) is 23.1 Å². The molecule has 0 unspecified atom stereocenters. The quantitative estimate of drug-likeness (QED) is 0.527. The molecule has 34 heavy (non-hydrogen) atoms. The molecule has 0 radical (unpaired) electrons. The first kappa shape index (κ1) is 23.5. The Morgan fingerprint density at radius 1 is 1.00 bits per heavy atom. The van der Waals surface area contributed by atoms with Gasteiger partial charge in [0.25, 0.3) is 5.91 Å². The smallest absolute Gasteiger partial charge is 0.259 e. The number of hydrogen-bond acceptors (Lipinski definition) is 5. The average molecular weight is 461 g/mol. The van der Waals surface area contributed by atoms with Gasteiger partial charge in [-0.05, 0) is 77.9 Å². The normalized spacial score (nSPS) is 13.1. The highest BCUT2D eigenvalue weighted by Crippen LogP contribution is 2.34. The molecular weight excluding hydrogens is 428 g/mol. The highest BCUT2D eigenvalue weighted by atomic mass is 16.5. The van der Waals surface area contributed by atoms with Crippen LogP contribution in [-0.2, 0) is 11.2 Å². The molecule has 0 atom stereocenters. The molecule has 0 saturated carbocycles. The van der Waals surface area contributed by atoms with Crippen LogP contribution in [-0.4, -0.2) is 56.8 Å². The first-order valence-corrected chi connectivity index (χ1v) is 11.6. The van der Waals surface area contributed by atoms with Crippen LogP contribution in [0.2, 0.25) is 0 Å². The van der Waals surface area contributed by atoms with E-state index in [0.29, 0.717) is 12.2 Å². The zero-order valence-corrected chi connectivity index (χ0v) is 20.1. The zero-order valence-electron chi connectivity index (χ0n) is 20.1. The molecule has 0 bridgehead atoms. The number of nitrogens with zero attached hydrogens (tertiary/aromatic N) is 2. The fourth-order valence-corrected chi connectivity index (χ4v) is 4.26. The summed E-state index contributed by atoms with van der Waals surface area (Å²) in [5.74, 6) is 1.65.